The molecule has 0 saturated heterocycles. The Balaban J connectivity index is 1.41. The molecule has 4 nitrogen and oxygen atoms in total. The molecule has 3 aromatic carbocycles. The van der Waals surface area contributed by atoms with Gasteiger partial charge in [-0.2, -0.15) is 0 Å². The van der Waals surface area contributed by atoms with E-state index in [1.807, 2.05) is 49.4 Å². The largest absolute Gasteiger partial charge is 0.494 e. The van der Waals surface area contributed by atoms with E-state index in [-0.39, 0.29) is 12.5 Å². The van der Waals surface area contributed by atoms with Crippen LogP contribution in [0.3, 0.4) is 0 Å². The molecule has 0 unspecified atom stereocenters. The Bertz CT molecular complexity index is 937. The van der Waals surface area contributed by atoms with E-state index in [9.17, 15) is 4.79 Å². The Hall–Kier alpha value is -3.27. The van der Waals surface area contributed by atoms with E-state index in [0.29, 0.717) is 6.61 Å². The number of benzene rings is 3. The average molecular weight is 403 g/mol. The number of hydrogen-bond donors (Lipinski definition) is 2. The molecular weight excluding hydrogens is 372 g/mol. The van der Waals surface area contributed by atoms with Crippen molar-refractivity contribution in [3.8, 4) is 5.75 Å². The van der Waals surface area contributed by atoms with Crippen molar-refractivity contribution >= 4 is 17.3 Å². The summed E-state index contributed by atoms with van der Waals surface area (Å²) in [5.74, 6) is 0.783. The molecule has 0 heterocycles. The number of hydrogen-bond acceptors (Lipinski definition) is 3. The number of nitrogens with one attached hydrogen (secondary N) is 2. The number of para-hydroxylation sites is 1. The minimum Gasteiger partial charge on any atom is -0.494 e. The maximum Gasteiger partial charge on any atom is 0.243 e. The molecule has 3 rings (SSSR count). The van der Waals surface area contributed by atoms with Crippen LogP contribution < -0.4 is 15.4 Å². The van der Waals surface area contributed by atoms with Gasteiger partial charge < -0.3 is 15.4 Å². The van der Waals surface area contributed by atoms with E-state index in [0.717, 1.165) is 47.5 Å². The van der Waals surface area contributed by atoms with Gasteiger partial charge >= 0.3 is 0 Å². The highest BCUT2D eigenvalue weighted by molar-refractivity contribution is 5.95. The number of anilines is 2. The van der Waals surface area contributed by atoms with Crippen molar-refractivity contribution in [1.29, 1.82) is 0 Å². The van der Waals surface area contributed by atoms with E-state index >= 15 is 0 Å². The van der Waals surface area contributed by atoms with Crippen molar-refractivity contribution in [3.05, 3.63) is 89.5 Å². The van der Waals surface area contributed by atoms with Gasteiger partial charge in [0.1, 0.15) is 5.75 Å². The van der Waals surface area contributed by atoms with Gasteiger partial charge in [-0.3, -0.25) is 4.79 Å². The summed E-state index contributed by atoms with van der Waals surface area (Å²) >= 11 is 0. The first-order valence-electron chi connectivity index (χ1n) is 10.5. The smallest absolute Gasteiger partial charge is 0.243 e. The fourth-order valence-corrected chi connectivity index (χ4v) is 3.35. The van der Waals surface area contributed by atoms with Gasteiger partial charge in [-0.1, -0.05) is 55.5 Å². The molecule has 0 atom stereocenters. The summed E-state index contributed by atoms with van der Waals surface area (Å²) in [7, 11) is 0. The Kier molecular flexibility index (Phi) is 7.90. The number of carbonyl (C=O) groups is 1. The fourth-order valence-electron chi connectivity index (χ4n) is 3.35. The van der Waals surface area contributed by atoms with Crippen molar-refractivity contribution in [2.75, 3.05) is 23.8 Å². The Labute approximate surface area is 179 Å². The van der Waals surface area contributed by atoms with E-state index in [2.05, 4.69) is 47.9 Å². The highest BCUT2D eigenvalue weighted by Crippen LogP contribution is 2.21. The lowest BCUT2D eigenvalue weighted by molar-refractivity contribution is -0.114. The predicted molar refractivity (Wildman–Crippen MR) is 124 cm³/mol. The molecule has 0 aliphatic heterocycles. The van der Waals surface area contributed by atoms with Crippen LogP contribution in [0, 0.1) is 6.92 Å². The van der Waals surface area contributed by atoms with Crippen LogP contribution in [0.4, 0.5) is 11.4 Å². The van der Waals surface area contributed by atoms with Crippen molar-refractivity contribution in [1.82, 2.24) is 0 Å². The topological polar surface area (TPSA) is 50.4 Å². The first-order chi connectivity index (χ1) is 14.7. The Morgan fingerprint density at radius 1 is 0.933 bits per heavy atom. The van der Waals surface area contributed by atoms with Gasteiger partial charge in [0.15, 0.2) is 0 Å². The second-order valence-corrected chi connectivity index (χ2v) is 7.33. The molecule has 0 fully saturated rings. The van der Waals surface area contributed by atoms with Crippen molar-refractivity contribution < 1.29 is 9.53 Å². The molecule has 0 saturated carbocycles. The van der Waals surface area contributed by atoms with E-state index in [1.165, 1.54) is 5.56 Å². The standard InChI is InChI=1S/C26H30N2O2/c1-3-22-13-7-9-20(2)26(22)28-25(29)19-27-23-14-16-24(17-15-23)30-18-8-12-21-10-5-4-6-11-21/h4-7,9-11,13-17,27H,3,8,12,18-19H2,1-2H3,(H,28,29). The summed E-state index contributed by atoms with van der Waals surface area (Å²) in [5, 5.41) is 6.20. The van der Waals surface area contributed by atoms with E-state index < -0.39 is 0 Å². The summed E-state index contributed by atoms with van der Waals surface area (Å²) in [6.45, 7) is 5.00. The first kappa shape index (κ1) is 21.4. The molecule has 0 aromatic heterocycles. The molecule has 2 N–H and O–H groups in total. The van der Waals surface area contributed by atoms with E-state index in [4.69, 9.17) is 4.74 Å². The zero-order chi connectivity index (χ0) is 21.2. The number of amides is 1. The zero-order valence-corrected chi connectivity index (χ0v) is 17.8. The van der Waals surface area contributed by atoms with Crippen LogP contribution in [-0.2, 0) is 17.6 Å². The summed E-state index contributed by atoms with van der Waals surface area (Å²) < 4.78 is 5.82. The third kappa shape index (κ3) is 6.38. The van der Waals surface area contributed by atoms with Crippen LogP contribution in [0.25, 0.3) is 0 Å². The van der Waals surface area contributed by atoms with Gasteiger partial charge in [-0.15, -0.1) is 0 Å². The minimum atomic E-state index is -0.0553. The van der Waals surface area contributed by atoms with Crippen LogP contribution in [0.2, 0.25) is 0 Å². The summed E-state index contributed by atoms with van der Waals surface area (Å²) in [6, 6.07) is 24.2. The van der Waals surface area contributed by atoms with Gasteiger partial charge in [0.2, 0.25) is 5.91 Å². The van der Waals surface area contributed by atoms with Gasteiger partial charge in [-0.05, 0) is 67.1 Å². The monoisotopic (exact) mass is 402 g/mol. The highest BCUT2D eigenvalue weighted by atomic mass is 16.5. The first-order valence-corrected chi connectivity index (χ1v) is 10.5. The molecule has 0 radical (unpaired) electrons. The normalized spacial score (nSPS) is 10.5. The number of ether oxygens (including phenoxy) is 1. The number of rotatable bonds is 10. The zero-order valence-electron chi connectivity index (χ0n) is 17.8. The van der Waals surface area contributed by atoms with Crippen molar-refractivity contribution in [2.24, 2.45) is 0 Å². The predicted octanol–water partition coefficient (Wildman–Crippen LogP) is 5.62. The van der Waals surface area contributed by atoms with Gasteiger partial charge in [-0.25, -0.2) is 0 Å². The van der Waals surface area contributed by atoms with Gasteiger partial charge in [0, 0.05) is 11.4 Å². The quantitative estimate of drug-likeness (QED) is 0.433. The van der Waals surface area contributed by atoms with E-state index in [1.54, 1.807) is 0 Å². The average Bonchev–Trinajstić information content (AvgIpc) is 2.78. The summed E-state index contributed by atoms with van der Waals surface area (Å²) in [6.07, 6.45) is 2.87. The van der Waals surface area contributed by atoms with Crippen LogP contribution in [-0.4, -0.2) is 19.1 Å². The van der Waals surface area contributed by atoms with Crippen LogP contribution in [0.1, 0.15) is 30.0 Å². The fraction of sp³-hybridized carbons (Fsp3) is 0.269. The van der Waals surface area contributed by atoms with Crippen LogP contribution >= 0.6 is 0 Å². The lowest BCUT2D eigenvalue weighted by Crippen LogP contribution is -2.22. The molecule has 156 valence electrons. The lowest BCUT2D eigenvalue weighted by Gasteiger charge is -2.14. The Morgan fingerprint density at radius 2 is 1.70 bits per heavy atom. The molecule has 30 heavy (non-hydrogen) atoms. The van der Waals surface area contributed by atoms with Crippen LogP contribution in [0.5, 0.6) is 5.75 Å². The van der Waals surface area contributed by atoms with Gasteiger partial charge in [0.25, 0.3) is 0 Å². The second-order valence-electron chi connectivity index (χ2n) is 7.33. The summed E-state index contributed by atoms with van der Waals surface area (Å²) in [5.41, 5.74) is 5.37. The maximum absolute atomic E-state index is 12.4. The molecule has 0 spiro atoms. The Morgan fingerprint density at radius 3 is 2.43 bits per heavy atom. The van der Waals surface area contributed by atoms with Crippen molar-refractivity contribution in [2.45, 2.75) is 33.1 Å². The summed E-state index contributed by atoms with van der Waals surface area (Å²) in [4.78, 5) is 12.4. The SMILES string of the molecule is CCc1cccc(C)c1NC(=O)CNc1ccc(OCCCc2ccccc2)cc1. The molecular formula is C26H30N2O2. The maximum atomic E-state index is 12.4. The number of carbonyl (C=O) groups excluding carboxylic acids is 1. The molecule has 1 amide bonds. The third-order valence-corrected chi connectivity index (χ3v) is 5.03. The molecule has 4 heteroatoms. The molecule has 0 aliphatic carbocycles. The molecule has 3 aromatic rings. The van der Waals surface area contributed by atoms with Crippen molar-refractivity contribution in [3.63, 3.8) is 0 Å². The van der Waals surface area contributed by atoms with Crippen LogP contribution in [0.15, 0.2) is 72.8 Å². The molecule has 0 bridgehead atoms. The third-order valence-electron chi connectivity index (χ3n) is 5.03. The second kappa shape index (κ2) is 11.1. The number of aryl methyl sites for hydroxylation is 3. The molecule has 0 aliphatic rings. The van der Waals surface area contributed by atoms with Gasteiger partial charge in [0.05, 0.1) is 13.2 Å². The minimum absolute atomic E-state index is 0.0553. The highest BCUT2D eigenvalue weighted by Gasteiger charge is 2.08. The lowest BCUT2D eigenvalue weighted by atomic mass is 10.1.